The number of pyridine rings is 1. The number of anilines is 1. The predicted octanol–water partition coefficient (Wildman–Crippen LogP) is 5.97. The topological polar surface area (TPSA) is 113 Å². The summed E-state index contributed by atoms with van der Waals surface area (Å²) < 4.78 is 25.6. The molecule has 3 aromatic carbocycles. The maximum Gasteiger partial charge on any atom is 0.175 e. The van der Waals surface area contributed by atoms with Gasteiger partial charge < -0.3 is 10.4 Å². The average molecular weight is 633 g/mol. The molecule has 10 heteroatoms. The van der Waals surface area contributed by atoms with Crippen molar-refractivity contribution >= 4 is 32.2 Å². The van der Waals surface area contributed by atoms with Gasteiger partial charge in [0, 0.05) is 53.2 Å². The molecular weight excluding hydrogens is 597 g/mol. The van der Waals surface area contributed by atoms with Gasteiger partial charge in [-0.25, -0.2) is 18.4 Å². The molecule has 4 heterocycles. The quantitative estimate of drug-likeness (QED) is 0.198. The highest BCUT2D eigenvalue weighted by Crippen LogP contribution is 2.34. The highest BCUT2D eigenvalue weighted by Gasteiger charge is 2.25. The molecule has 9 nitrogen and oxygen atoms in total. The van der Waals surface area contributed by atoms with Crippen LogP contribution in [0.5, 0.6) is 0 Å². The molecule has 0 aliphatic carbocycles. The van der Waals surface area contributed by atoms with E-state index < -0.39 is 16.1 Å². The van der Waals surface area contributed by atoms with Crippen LogP contribution in [0.1, 0.15) is 24.1 Å². The van der Waals surface area contributed by atoms with Crippen LogP contribution in [0.3, 0.4) is 0 Å². The van der Waals surface area contributed by atoms with Gasteiger partial charge in [0.1, 0.15) is 6.23 Å². The van der Waals surface area contributed by atoms with Crippen molar-refractivity contribution in [3.05, 3.63) is 108 Å². The van der Waals surface area contributed by atoms with E-state index in [-0.39, 0.29) is 10.8 Å². The van der Waals surface area contributed by atoms with Gasteiger partial charge in [-0.3, -0.25) is 4.90 Å². The summed E-state index contributed by atoms with van der Waals surface area (Å²) in [6, 6.07) is 29.7. The number of rotatable bonds is 8. The van der Waals surface area contributed by atoms with Crippen molar-refractivity contribution in [1.82, 2.24) is 24.5 Å². The van der Waals surface area contributed by atoms with Gasteiger partial charge in [0.2, 0.25) is 0 Å². The van der Waals surface area contributed by atoms with Crippen molar-refractivity contribution < 1.29 is 13.5 Å². The standard InChI is InChI=1S/C36H36N6O3S/c1-24-19-33-37-22-29-20-32(26-7-4-3-5-8-26)34(39-35(29)42(33)40-24)27-13-11-25(12-14-27)23-41-17-15-28(16-18-41)36(43)38-30-9-6-10-31(21-30)46(2,44)45/h3-14,19-22,28,36,38,43H,15-18,23H2,1-2H3. The van der Waals surface area contributed by atoms with Gasteiger partial charge in [0.05, 0.1) is 16.3 Å². The first-order valence-electron chi connectivity index (χ1n) is 15.5. The average Bonchev–Trinajstić information content (AvgIpc) is 3.46. The monoisotopic (exact) mass is 632 g/mol. The van der Waals surface area contributed by atoms with Crippen molar-refractivity contribution in [2.24, 2.45) is 5.92 Å². The van der Waals surface area contributed by atoms with Crippen LogP contribution in [0.25, 0.3) is 39.1 Å². The molecule has 1 fully saturated rings. The first kappa shape index (κ1) is 30.0. The number of nitrogens with one attached hydrogen (secondary N) is 1. The summed E-state index contributed by atoms with van der Waals surface area (Å²) in [5, 5.41) is 19.6. The van der Waals surface area contributed by atoms with E-state index in [0.717, 1.165) is 77.2 Å². The third-order valence-corrected chi connectivity index (χ3v) is 9.86. The van der Waals surface area contributed by atoms with Crippen LogP contribution < -0.4 is 5.32 Å². The predicted molar refractivity (Wildman–Crippen MR) is 181 cm³/mol. The lowest BCUT2D eigenvalue weighted by Gasteiger charge is -2.34. The van der Waals surface area contributed by atoms with E-state index in [0.29, 0.717) is 5.69 Å². The van der Waals surface area contributed by atoms with Gasteiger partial charge in [-0.05, 0) is 68.2 Å². The van der Waals surface area contributed by atoms with E-state index in [1.54, 1.807) is 24.3 Å². The number of aliphatic hydroxyl groups is 1. The highest BCUT2D eigenvalue weighted by atomic mass is 32.2. The molecule has 2 N–H and O–H groups in total. The summed E-state index contributed by atoms with van der Waals surface area (Å²) in [5.41, 5.74) is 8.35. The lowest BCUT2D eigenvalue weighted by atomic mass is 9.94. The van der Waals surface area contributed by atoms with Crippen molar-refractivity contribution in [3.8, 4) is 22.4 Å². The number of fused-ring (bicyclic) bond motifs is 3. The summed E-state index contributed by atoms with van der Waals surface area (Å²) in [7, 11) is -3.31. The minimum atomic E-state index is -3.31. The Balaban J connectivity index is 1.06. The normalized spacial score (nSPS) is 15.4. The lowest BCUT2D eigenvalue weighted by Crippen LogP contribution is -2.40. The molecule has 0 radical (unpaired) electrons. The summed E-state index contributed by atoms with van der Waals surface area (Å²) in [6.07, 6.45) is 4.00. The molecule has 1 unspecified atom stereocenters. The second-order valence-electron chi connectivity index (χ2n) is 12.2. The van der Waals surface area contributed by atoms with Crippen molar-refractivity contribution in [1.29, 1.82) is 0 Å². The summed E-state index contributed by atoms with van der Waals surface area (Å²) in [4.78, 5) is 12.4. The molecule has 3 aromatic heterocycles. The molecule has 1 atom stereocenters. The maximum absolute atomic E-state index is 11.9. The third-order valence-electron chi connectivity index (χ3n) is 8.75. The molecule has 0 saturated carbocycles. The Hall–Kier alpha value is -4.64. The summed E-state index contributed by atoms with van der Waals surface area (Å²) in [6.45, 7) is 4.52. The Morgan fingerprint density at radius 3 is 2.43 bits per heavy atom. The Kier molecular flexibility index (Phi) is 8.02. The molecule has 1 aliphatic heterocycles. The van der Waals surface area contributed by atoms with Crippen molar-refractivity contribution in [2.45, 2.75) is 37.4 Å². The van der Waals surface area contributed by atoms with Crippen LogP contribution in [0, 0.1) is 12.8 Å². The van der Waals surface area contributed by atoms with Gasteiger partial charge >= 0.3 is 0 Å². The largest absolute Gasteiger partial charge is 0.374 e. The SMILES string of the molecule is Cc1cc2ncc3cc(-c4ccccc4)c(-c4ccc(CN5CCC(C(O)Nc6cccc(S(C)(=O)=O)c6)CC5)cc4)nc3n2n1. The molecule has 0 bridgehead atoms. The third kappa shape index (κ3) is 6.24. The molecule has 46 heavy (non-hydrogen) atoms. The fourth-order valence-electron chi connectivity index (χ4n) is 6.27. The number of aromatic nitrogens is 4. The molecule has 7 rings (SSSR count). The van der Waals surface area contributed by atoms with Gasteiger partial charge in [-0.1, -0.05) is 60.7 Å². The van der Waals surface area contributed by atoms with Crippen LogP contribution in [0.2, 0.25) is 0 Å². The lowest BCUT2D eigenvalue weighted by molar-refractivity contribution is 0.0751. The molecule has 1 aliphatic rings. The number of likely N-dealkylation sites (tertiary alicyclic amines) is 1. The number of nitrogens with zero attached hydrogens (tertiary/aromatic N) is 5. The molecule has 1 saturated heterocycles. The van der Waals surface area contributed by atoms with Crippen molar-refractivity contribution in [2.75, 3.05) is 24.7 Å². The number of piperidine rings is 1. The van der Waals surface area contributed by atoms with Crippen LogP contribution >= 0.6 is 0 Å². The number of hydrogen-bond acceptors (Lipinski definition) is 8. The number of aliphatic hydroxyl groups excluding tert-OH is 1. The molecule has 0 amide bonds. The smallest absolute Gasteiger partial charge is 0.175 e. The van der Waals surface area contributed by atoms with E-state index in [1.807, 2.05) is 41.9 Å². The van der Waals surface area contributed by atoms with E-state index in [2.05, 4.69) is 62.8 Å². The van der Waals surface area contributed by atoms with Gasteiger partial charge in [-0.15, -0.1) is 0 Å². The fraction of sp³-hybridized carbons (Fsp3) is 0.250. The van der Waals surface area contributed by atoms with Crippen LogP contribution in [0.4, 0.5) is 5.69 Å². The maximum atomic E-state index is 11.9. The molecule has 0 spiro atoms. The molecular formula is C36H36N6O3S. The first-order valence-corrected chi connectivity index (χ1v) is 17.4. The Morgan fingerprint density at radius 2 is 1.70 bits per heavy atom. The van der Waals surface area contributed by atoms with Gasteiger partial charge in [-0.2, -0.15) is 9.61 Å². The Labute approximate surface area is 268 Å². The number of benzene rings is 3. The van der Waals surface area contributed by atoms with Crippen LogP contribution in [-0.4, -0.2) is 63.6 Å². The summed E-state index contributed by atoms with van der Waals surface area (Å²) >= 11 is 0. The second kappa shape index (κ2) is 12.3. The fourth-order valence-corrected chi connectivity index (χ4v) is 6.94. The first-order chi connectivity index (χ1) is 22.2. The summed E-state index contributed by atoms with van der Waals surface area (Å²) in [5.74, 6) is 0.0798. The van der Waals surface area contributed by atoms with E-state index in [4.69, 9.17) is 4.98 Å². The zero-order chi connectivity index (χ0) is 31.8. The highest BCUT2D eigenvalue weighted by molar-refractivity contribution is 7.90. The minimum Gasteiger partial charge on any atom is -0.374 e. The van der Waals surface area contributed by atoms with Crippen LogP contribution in [0.15, 0.2) is 102 Å². The zero-order valence-electron chi connectivity index (χ0n) is 25.8. The zero-order valence-corrected chi connectivity index (χ0v) is 26.7. The minimum absolute atomic E-state index is 0.0798. The molecule has 234 valence electrons. The Bertz CT molecular complexity index is 2120. The van der Waals surface area contributed by atoms with Gasteiger partial charge in [0.25, 0.3) is 0 Å². The Morgan fingerprint density at radius 1 is 0.935 bits per heavy atom. The number of sulfone groups is 1. The van der Waals surface area contributed by atoms with Gasteiger partial charge in [0.15, 0.2) is 21.1 Å². The van der Waals surface area contributed by atoms with E-state index >= 15 is 0 Å². The van der Waals surface area contributed by atoms with Crippen LogP contribution in [-0.2, 0) is 16.4 Å². The van der Waals surface area contributed by atoms with Crippen molar-refractivity contribution in [3.63, 3.8) is 0 Å². The second-order valence-corrected chi connectivity index (χ2v) is 14.2. The number of aryl methyl sites for hydroxylation is 1. The van der Waals surface area contributed by atoms with E-state index in [9.17, 15) is 13.5 Å². The number of hydrogen-bond donors (Lipinski definition) is 2. The molecule has 6 aromatic rings. The van der Waals surface area contributed by atoms with E-state index in [1.165, 1.54) is 11.8 Å².